The summed E-state index contributed by atoms with van der Waals surface area (Å²) < 4.78 is 10.9. The molecule has 0 spiro atoms. The number of hydrogen-bond donors (Lipinski definition) is 4. The van der Waals surface area contributed by atoms with Crippen molar-refractivity contribution in [1.29, 1.82) is 0 Å². The van der Waals surface area contributed by atoms with Gasteiger partial charge >= 0.3 is 0 Å². The summed E-state index contributed by atoms with van der Waals surface area (Å²) in [5.41, 5.74) is 3.64. The molecule has 3 amide bonds. The highest BCUT2D eigenvalue weighted by molar-refractivity contribution is 6.25. The second-order valence-electron chi connectivity index (χ2n) is 6.99. The Hall–Kier alpha value is -3.79. The van der Waals surface area contributed by atoms with E-state index in [1.165, 1.54) is 7.11 Å². The van der Waals surface area contributed by atoms with E-state index in [-0.39, 0.29) is 17.5 Å². The lowest BCUT2D eigenvalue weighted by atomic mass is 10.0. The quantitative estimate of drug-likeness (QED) is 0.265. The third-order valence-electron chi connectivity index (χ3n) is 5.29. The Morgan fingerprint density at radius 2 is 1.84 bits per heavy atom. The smallest absolute Gasteiger partial charge is 0.264 e. The molecule has 0 bridgehead atoms. The van der Waals surface area contributed by atoms with Crippen molar-refractivity contribution < 1.29 is 29.1 Å². The minimum atomic E-state index is -0.984. The van der Waals surface area contributed by atoms with Gasteiger partial charge in [0.1, 0.15) is 0 Å². The number of imide groups is 1. The maximum Gasteiger partial charge on any atom is 0.264 e. The molecule has 170 valence electrons. The van der Waals surface area contributed by atoms with Gasteiger partial charge in [-0.3, -0.25) is 24.5 Å². The summed E-state index contributed by atoms with van der Waals surface area (Å²) in [5, 5.41) is 15.1. The number of hydroxylamine groups is 1. The van der Waals surface area contributed by atoms with E-state index >= 15 is 0 Å². The third kappa shape index (κ3) is 3.92. The van der Waals surface area contributed by atoms with E-state index in [1.54, 1.807) is 49.9 Å². The third-order valence-corrected chi connectivity index (χ3v) is 5.29. The zero-order valence-electron chi connectivity index (χ0n) is 18.3. The van der Waals surface area contributed by atoms with Crippen LogP contribution in [0.25, 0.3) is 0 Å². The van der Waals surface area contributed by atoms with Crippen LogP contribution in [0.5, 0.6) is 11.5 Å². The van der Waals surface area contributed by atoms with Crippen LogP contribution in [0.4, 0.5) is 11.4 Å². The summed E-state index contributed by atoms with van der Waals surface area (Å²) in [6.45, 7) is 2.18. The highest BCUT2D eigenvalue weighted by Gasteiger charge is 2.43. The zero-order chi connectivity index (χ0) is 23.4. The number of rotatable bonds is 9. The molecule has 1 heterocycles. The average Bonchev–Trinajstić information content (AvgIpc) is 3.06. The highest BCUT2D eigenvalue weighted by atomic mass is 16.5. The normalized spacial score (nSPS) is 13.5. The monoisotopic (exact) mass is 442 g/mol. The Morgan fingerprint density at radius 1 is 1.09 bits per heavy atom. The van der Waals surface area contributed by atoms with Crippen molar-refractivity contribution in [3.05, 3.63) is 47.0 Å². The van der Waals surface area contributed by atoms with Crippen molar-refractivity contribution in [3.63, 3.8) is 0 Å². The molecule has 0 saturated carbocycles. The summed E-state index contributed by atoms with van der Waals surface area (Å²) in [6.07, 6.45) is -0.340. The van der Waals surface area contributed by atoms with Crippen LogP contribution in [-0.4, -0.2) is 55.6 Å². The Kier molecular flexibility index (Phi) is 6.84. The molecular formula is C22H26N4O6. The van der Waals surface area contributed by atoms with E-state index in [9.17, 15) is 14.4 Å². The van der Waals surface area contributed by atoms with Crippen LogP contribution in [0, 0.1) is 0 Å². The number of ether oxygens (including phenoxy) is 2. The molecule has 10 nitrogen and oxygen atoms in total. The first kappa shape index (κ1) is 22.9. The van der Waals surface area contributed by atoms with E-state index < -0.39 is 23.8 Å². The van der Waals surface area contributed by atoms with E-state index in [2.05, 4.69) is 10.6 Å². The van der Waals surface area contributed by atoms with Crippen molar-refractivity contribution in [2.45, 2.75) is 19.4 Å². The molecule has 10 heteroatoms. The molecule has 3 rings (SSSR count). The maximum absolute atomic E-state index is 13.5. The second kappa shape index (κ2) is 9.56. The maximum atomic E-state index is 13.5. The van der Waals surface area contributed by atoms with Crippen LogP contribution in [0.1, 0.15) is 45.7 Å². The first-order valence-corrected chi connectivity index (χ1v) is 10.1. The van der Waals surface area contributed by atoms with Gasteiger partial charge in [0.2, 0.25) is 5.91 Å². The molecule has 0 saturated heterocycles. The van der Waals surface area contributed by atoms with Gasteiger partial charge in [-0.1, -0.05) is 6.07 Å². The number of nitrogens with zero attached hydrogens (tertiary/aromatic N) is 1. The van der Waals surface area contributed by atoms with Gasteiger partial charge in [0.15, 0.2) is 11.5 Å². The van der Waals surface area contributed by atoms with Crippen molar-refractivity contribution in [2.24, 2.45) is 0 Å². The standard InChI is InChI=1S/C22H26N4O6/c1-5-32-17-10-12(6-9-16(17)31-4)15(11-18(27)25-30)26-21(28)13-7-8-14(23-2)20(24-3)19(13)22(26)29/h6-10,15,23-24,30H,5,11H2,1-4H3,(H,25,27). The summed E-state index contributed by atoms with van der Waals surface area (Å²) in [5.74, 6) is -0.943. The molecular weight excluding hydrogens is 416 g/mol. The minimum absolute atomic E-state index is 0.220. The number of amides is 3. The van der Waals surface area contributed by atoms with Gasteiger partial charge in [0, 0.05) is 14.1 Å². The van der Waals surface area contributed by atoms with E-state index in [1.807, 2.05) is 6.92 Å². The fraction of sp³-hybridized carbons (Fsp3) is 0.318. The zero-order valence-corrected chi connectivity index (χ0v) is 18.3. The number of benzene rings is 2. The predicted molar refractivity (Wildman–Crippen MR) is 117 cm³/mol. The molecule has 1 unspecified atom stereocenters. The van der Waals surface area contributed by atoms with Crippen LogP contribution in [0.2, 0.25) is 0 Å². The van der Waals surface area contributed by atoms with E-state index in [0.29, 0.717) is 35.0 Å². The van der Waals surface area contributed by atoms with Crippen molar-refractivity contribution >= 4 is 29.1 Å². The van der Waals surface area contributed by atoms with Crippen LogP contribution in [0.15, 0.2) is 30.3 Å². The number of anilines is 2. The molecule has 2 aromatic carbocycles. The molecule has 0 aromatic heterocycles. The van der Waals surface area contributed by atoms with E-state index in [4.69, 9.17) is 14.7 Å². The molecule has 32 heavy (non-hydrogen) atoms. The lowest BCUT2D eigenvalue weighted by Gasteiger charge is -2.26. The fourth-order valence-electron chi connectivity index (χ4n) is 3.84. The molecule has 1 aliphatic heterocycles. The van der Waals surface area contributed by atoms with Crippen molar-refractivity contribution in [3.8, 4) is 11.5 Å². The van der Waals surface area contributed by atoms with Gasteiger partial charge in [0.05, 0.1) is 48.7 Å². The van der Waals surface area contributed by atoms with Gasteiger partial charge in [-0.2, -0.15) is 0 Å². The van der Waals surface area contributed by atoms with Gasteiger partial charge in [-0.25, -0.2) is 5.48 Å². The molecule has 0 aliphatic carbocycles. The summed E-state index contributed by atoms with van der Waals surface area (Å²) in [4.78, 5) is 39.9. The van der Waals surface area contributed by atoms with Crippen LogP contribution >= 0.6 is 0 Å². The number of methoxy groups -OCH3 is 1. The SMILES string of the molecule is CCOc1cc(C(CC(=O)NO)N2C(=O)c3ccc(NC)c(NC)c3C2=O)ccc1OC. The number of nitrogens with one attached hydrogen (secondary N) is 3. The van der Waals surface area contributed by atoms with Gasteiger partial charge in [0.25, 0.3) is 11.8 Å². The Labute approximate surface area is 185 Å². The van der Waals surface area contributed by atoms with Crippen molar-refractivity contribution in [2.75, 3.05) is 38.4 Å². The van der Waals surface area contributed by atoms with Crippen LogP contribution in [0.3, 0.4) is 0 Å². The van der Waals surface area contributed by atoms with Crippen LogP contribution in [-0.2, 0) is 4.79 Å². The molecule has 4 N–H and O–H groups in total. The highest BCUT2D eigenvalue weighted by Crippen LogP contribution is 2.41. The molecule has 0 fully saturated rings. The minimum Gasteiger partial charge on any atom is -0.493 e. The number of carbonyl (C=O) groups excluding carboxylic acids is 3. The Balaban J connectivity index is 2.13. The number of hydrogen-bond acceptors (Lipinski definition) is 8. The van der Waals surface area contributed by atoms with Gasteiger partial charge < -0.3 is 20.1 Å². The first-order chi connectivity index (χ1) is 15.4. The molecule has 0 radical (unpaired) electrons. The Morgan fingerprint density at radius 3 is 2.44 bits per heavy atom. The predicted octanol–water partition coefficient (Wildman–Crippen LogP) is 2.41. The second-order valence-corrected chi connectivity index (χ2v) is 6.99. The van der Waals surface area contributed by atoms with Crippen molar-refractivity contribution in [1.82, 2.24) is 10.4 Å². The first-order valence-electron chi connectivity index (χ1n) is 10.1. The van der Waals surface area contributed by atoms with E-state index in [0.717, 1.165) is 4.90 Å². The largest absolute Gasteiger partial charge is 0.493 e. The number of fused-ring (bicyclic) bond motifs is 1. The molecule has 1 atom stereocenters. The topological polar surface area (TPSA) is 129 Å². The van der Waals surface area contributed by atoms with Gasteiger partial charge in [-0.05, 0) is 36.8 Å². The van der Waals surface area contributed by atoms with Gasteiger partial charge in [-0.15, -0.1) is 0 Å². The summed E-state index contributed by atoms with van der Waals surface area (Å²) >= 11 is 0. The lowest BCUT2D eigenvalue weighted by Crippen LogP contribution is -2.37. The number of carbonyl (C=O) groups is 3. The Bertz CT molecular complexity index is 1050. The average molecular weight is 442 g/mol. The summed E-state index contributed by atoms with van der Waals surface area (Å²) in [6, 6.07) is 7.21. The van der Waals surface area contributed by atoms with Crippen LogP contribution < -0.4 is 25.6 Å². The fourth-order valence-corrected chi connectivity index (χ4v) is 3.84. The molecule has 2 aromatic rings. The summed E-state index contributed by atoms with van der Waals surface area (Å²) in [7, 11) is 4.87. The molecule has 1 aliphatic rings. The lowest BCUT2D eigenvalue weighted by molar-refractivity contribution is -0.130.